The molecule has 1 aromatic carbocycles. The first kappa shape index (κ1) is 12.4. The van der Waals surface area contributed by atoms with Crippen molar-refractivity contribution >= 4 is 16.6 Å². The third-order valence-electron chi connectivity index (χ3n) is 4.17. The molecule has 1 aromatic heterocycles. The molecule has 3 heteroatoms. The predicted molar refractivity (Wildman–Crippen MR) is 80.5 cm³/mol. The molecule has 2 heterocycles. The second-order valence-corrected chi connectivity index (χ2v) is 5.61. The van der Waals surface area contributed by atoms with E-state index in [2.05, 4.69) is 53.4 Å². The van der Waals surface area contributed by atoms with Crippen molar-refractivity contribution in [3.8, 4) is 0 Å². The van der Waals surface area contributed by atoms with Crippen LogP contribution in [0.3, 0.4) is 0 Å². The van der Waals surface area contributed by atoms with Crippen LogP contribution in [0.4, 0.5) is 5.69 Å². The highest BCUT2D eigenvalue weighted by atomic mass is 15.1. The maximum Gasteiger partial charge on any atom is 0.0703 e. The number of para-hydroxylation sites is 1. The van der Waals surface area contributed by atoms with Gasteiger partial charge in [0.1, 0.15) is 0 Å². The number of piperidine rings is 1. The fourth-order valence-corrected chi connectivity index (χ4v) is 2.81. The molecule has 100 valence electrons. The summed E-state index contributed by atoms with van der Waals surface area (Å²) in [5.41, 5.74) is 2.20. The van der Waals surface area contributed by atoms with Crippen molar-refractivity contribution in [3.05, 3.63) is 36.5 Å². The van der Waals surface area contributed by atoms with E-state index in [0.29, 0.717) is 12.1 Å². The molecule has 0 bridgehead atoms. The van der Waals surface area contributed by atoms with Crippen LogP contribution >= 0.6 is 0 Å². The molecule has 0 saturated carbocycles. The van der Waals surface area contributed by atoms with Gasteiger partial charge >= 0.3 is 0 Å². The molecule has 1 fully saturated rings. The second kappa shape index (κ2) is 5.17. The number of nitrogens with one attached hydrogen (secondary N) is 1. The number of nitrogens with zero attached hydrogens (tertiary/aromatic N) is 2. The Morgan fingerprint density at radius 2 is 2.16 bits per heavy atom. The smallest absolute Gasteiger partial charge is 0.0703 e. The Morgan fingerprint density at radius 3 is 3.00 bits per heavy atom. The molecule has 0 spiro atoms. The van der Waals surface area contributed by atoms with Gasteiger partial charge in [-0.05, 0) is 38.9 Å². The fraction of sp³-hybridized carbons (Fsp3) is 0.438. The van der Waals surface area contributed by atoms with Crippen molar-refractivity contribution in [2.75, 3.05) is 18.9 Å². The zero-order chi connectivity index (χ0) is 13.2. The maximum absolute atomic E-state index is 4.51. The van der Waals surface area contributed by atoms with Crippen LogP contribution in [-0.4, -0.2) is 35.6 Å². The molecule has 2 aromatic rings. The van der Waals surface area contributed by atoms with E-state index in [0.717, 1.165) is 11.2 Å². The second-order valence-electron chi connectivity index (χ2n) is 5.61. The number of likely N-dealkylation sites (tertiary alicyclic amines) is 1. The highest BCUT2D eigenvalue weighted by molar-refractivity contribution is 5.81. The van der Waals surface area contributed by atoms with E-state index in [9.17, 15) is 0 Å². The van der Waals surface area contributed by atoms with Gasteiger partial charge in [-0.3, -0.25) is 4.98 Å². The first-order valence-corrected chi connectivity index (χ1v) is 7.04. The minimum atomic E-state index is 0.564. The van der Waals surface area contributed by atoms with Crippen LogP contribution in [0.2, 0.25) is 0 Å². The normalized spacial score (nSPS) is 24.5. The first-order valence-electron chi connectivity index (χ1n) is 7.04. The lowest BCUT2D eigenvalue weighted by atomic mass is 9.99. The van der Waals surface area contributed by atoms with E-state index in [4.69, 9.17) is 0 Å². The molecule has 3 rings (SSSR count). The van der Waals surface area contributed by atoms with E-state index >= 15 is 0 Å². The van der Waals surface area contributed by atoms with E-state index in [1.807, 2.05) is 12.3 Å². The number of fused-ring (bicyclic) bond motifs is 1. The topological polar surface area (TPSA) is 28.2 Å². The number of aromatic nitrogens is 1. The van der Waals surface area contributed by atoms with E-state index < -0.39 is 0 Å². The number of anilines is 1. The summed E-state index contributed by atoms with van der Waals surface area (Å²) in [5, 5.41) is 4.84. The van der Waals surface area contributed by atoms with Gasteiger partial charge in [-0.2, -0.15) is 0 Å². The summed E-state index contributed by atoms with van der Waals surface area (Å²) in [7, 11) is 2.21. The molecule has 0 radical (unpaired) electrons. The Morgan fingerprint density at radius 1 is 1.32 bits per heavy atom. The summed E-state index contributed by atoms with van der Waals surface area (Å²) in [6.07, 6.45) is 4.35. The van der Waals surface area contributed by atoms with Gasteiger partial charge in [0, 0.05) is 24.0 Å². The highest BCUT2D eigenvalue weighted by Gasteiger charge is 2.22. The molecule has 1 aliphatic heterocycles. The van der Waals surface area contributed by atoms with E-state index in [-0.39, 0.29) is 0 Å². The van der Waals surface area contributed by atoms with Gasteiger partial charge < -0.3 is 10.2 Å². The minimum absolute atomic E-state index is 0.564. The zero-order valence-corrected chi connectivity index (χ0v) is 11.6. The summed E-state index contributed by atoms with van der Waals surface area (Å²) in [4.78, 5) is 6.94. The maximum atomic E-state index is 4.51. The molecule has 0 amide bonds. The summed E-state index contributed by atoms with van der Waals surface area (Å²) >= 11 is 0. The molecule has 1 N–H and O–H groups in total. The first-order chi connectivity index (χ1) is 9.22. The Bertz CT molecular complexity index is 567. The van der Waals surface area contributed by atoms with Crippen LogP contribution in [0.5, 0.6) is 0 Å². The van der Waals surface area contributed by atoms with Gasteiger partial charge in [0.15, 0.2) is 0 Å². The fourth-order valence-electron chi connectivity index (χ4n) is 2.81. The highest BCUT2D eigenvalue weighted by Crippen LogP contribution is 2.21. The number of pyridine rings is 1. The van der Waals surface area contributed by atoms with Crippen LogP contribution in [0.1, 0.15) is 19.8 Å². The van der Waals surface area contributed by atoms with Crippen molar-refractivity contribution in [2.45, 2.75) is 31.8 Å². The van der Waals surface area contributed by atoms with Gasteiger partial charge in [0.2, 0.25) is 0 Å². The van der Waals surface area contributed by atoms with Crippen LogP contribution in [0.15, 0.2) is 36.5 Å². The van der Waals surface area contributed by atoms with Gasteiger partial charge in [0.05, 0.1) is 17.4 Å². The van der Waals surface area contributed by atoms with Crippen LogP contribution in [-0.2, 0) is 0 Å². The Labute approximate surface area is 114 Å². The quantitative estimate of drug-likeness (QED) is 0.893. The average Bonchev–Trinajstić information content (AvgIpc) is 2.43. The molecular formula is C16H21N3. The van der Waals surface area contributed by atoms with Gasteiger partial charge in [0.25, 0.3) is 0 Å². The van der Waals surface area contributed by atoms with Crippen molar-refractivity contribution in [3.63, 3.8) is 0 Å². The van der Waals surface area contributed by atoms with E-state index in [1.165, 1.54) is 24.8 Å². The van der Waals surface area contributed by atoms with Crippen molar-refractivity contribution in [1.29, 1.82) is 0 Å². The summed E-state index contributed by atoms with van der Waals surface area (Å²) < 4.78 is 0. The van der Waals surface area contributed by atoms with Crippen LogP contribution < -0.4 is 5.32 Å². The Hall–Kier alpha value is -1.61. The van der Waals surface area contributed by atoms with Gasteiger partial charge in [-0.25, -0.2) is 0 Å². The monoisotopic (exact) mass is 255 g/mol. The van der Waals surface area contributed by atoms with Gasteiger partial charge in [-0.15, -0.1) is 0 Å². The zero-order valence-electron chi connectivity index (χ0n) is 11.6. The van der Waals surface area contributed by atoms with E-state index in [1.54, 1.807) is 0 Å². The largest absolute Gasteiger partial charge is 0.381 e. The molecule has 1 aliphatic rings. The number of benzene rings is 1. The molecular weight excluding hydrogens is 234 g/mol. The lowest BCUT2D eigenvalue weighted by molar-refractivity contribution is 0.190. The summed E-state index contributed by atoms with van der Waals surface area (Å²) in [5.74, 6) is 0. The molecule has 2 atom stereocenters. The van der Waals surface area contributed by atoms with Crippen LogP contribution in [0, 0.1) is 0 Å². The van der Waals surface area contributed by atoms with Crippen molar-refractivity contribution in [1.82, 2.24) is 9.88 Å². The van der Waals surface area contributed by atoms with Gasteiger partial charge in [-0.1, -0.05) is 18.2 Å². The Kier molecular flexibility index (Phi) is 3.38. The summed E-state index contributed by atoms with van der Waals surface area (Å²) in [6.45, 7) is 3.46. The SMILES string of the molecule is CC1CC(Nc2cnc3ccccc3c2)CCN1C. The molecule has 2 unspecified atom stereocenters. The molecule has 19 heavy (non-hydrogen) atoms. The van der Waals surface area contributed by atoms with Crippen molar-refractivity contribution in [2.24, 2.45) is 0 Å². The number of hydrogen-bond donors (Lipinski definition) is 1. The molecule has 3 nitrogen and oxygen atoms in total. The molecule has 1 saturated heterocycles. The predicted octanol–water partition coefficient (Wildman–Crippen LogP) is 3.13. The third-order valence-corrected chi connectivity index (χ3v) is 4.17. The third kappa shape index (κ3) is 2.71. The number of hydrogen-bond acceptors (Lipinski definition) is 3. The van der Waals surface area contributed by atoms with Crippen molar-refractivity contribution < 1.29 is 0 Å². The standard InChI is InChI=1S/C16H21N3/c1-12-9-14(7-8-19(12)2)18-15-10-13-5-3-4-6-16(13)17-11-15/h3-6,10-12,14,18H,7-9H2,1-2H3. The Balaban J connectivity index is 1.74. The minimum Gasteiger partial charge on any atom is -0.381 e. The lowest BCUT2D eigenvalue weighted by Crippen LogP contribution is -2.42. The van der Waals surface area contributed by atoms with Crippen LogP contribution in [0.25, 0.3) is 10.9 Å². The lowest BCUT2D eigenvalue weighted by Gasteiger charge is -2.35. The summed E-state index contributed by atoms with van der Waals surface area (Å²) in [6, 6.07) is 11.7. The number of rotatable bonds is 2. The molecule has 0 aliphatic carbocycles. The average molecular weight is 255 g/mol.